The first kappa shape index (κ1) is 19.4. The predicted octanol–water partition coefficient (Wildman–Crippen LogP) is 3.41. The number of nitrogens with one attached hydrogen (secondary N) is 1. The van der Waals surface area contributed by atoms with Crippen LogP contribution in [-0.2, 0) is 13.0 Å². The highest BCUT2D eigenvalue weighted by Crippen LogP contribution is 2.12. The number of nitrogens with zero attached hydrogens (tertiary/aromatic N) is 3. The first-order chi connectivity index (χ1) is 13.7. The number of carbonyl (C=O) groups excluding carboxylic acids is 1. The average molecular weight is 376 g/mol. The van der Waals surface area contributed by atoms with Gasteiger partial charge in [0.05, 0.1) is 7.11 Å². The van der Waals surface area contributed by atoms with Crippen molar-refractivity contribution in [1.29, 1.82) is 0 Å². The molecule has 0 fully saturated rings. The maximum absolute atomic E-state index is 12.7. The minimum absolute atomic E-state index is 0.135. The molecule has 0 saturated heterocycles. The summed E-state index contributed by atoms with van der Waals surface area (Å²) in [6, 6.07) is 19.4. The lowest BCUT2D eigenvalue weighted by Crippen LogP contribution is -2.27. The molecule has 6 nitrogen and oxygen atoms in total. The topological polar surface area (TPSA) is 67.3 Å². The molecular weight excluding hydrogens is 352 g/mol. The zero-order valence-corrected chi connectivity index (χ0v) is 16.1. The lowest BCUT2D eigenvalue weighted by Gasteiger charge is -2.17. The Labute approximate surface area is 165 Å². The van der Waals surface area contributed by atoms with Gasteiger partial charge in [-0.05, 0) is 35.7 Å². The number of benzene rings is 2. The van der Waals surface area contributed by atoms with E-state index in [-0.39, 0.29) is 5.91 Å². The Balaban J connectivity index is 1.55. The summed E-state index contributed by atoms with van der Waals surface area (Å²) >= 11 is 0. The fraction of sp³-hybridized carbons (Fsp3) is 0.227. The molecule has 0 spiro atoms. The number of ether oxygens (including phenoxy) is 1. The number of carbonyl (C=O) groups is 1. The fourth-order valence-corrected chi connectivity index (χ4v) is 2.80. The van der Waals surface area contributed by atoms with Crippen molar-refractivity contribution < 1.29 is 9.53 Å². The van der Waals surface area contributed by atoms with E-state index in [4.69, 9.17) is 4.74 Å². The van der Waals surface area contributed by atoms with Crippen molar-refractivity contribution in [3.8, 4) is 5.75 Å². The van der Waals surface area contributed by atoms with Gasteiger partial charge in [-0.25, -0.2) is 9.97 Å². The van der Waals surface area contributed by atoms with Crippen LogP contribution in [0.5, 0.6) is 5.75 Å². The van der Waals surface area contributed by atoms with Crippen molar-refractivity contribution in [3.63, 3.8) is 0 Å². The third kappa shape index (κ3) is 5.30. The largest absolute Gasteiger partial charge is 0.497 e. The van der Waals surface area contributed by atoms with Crippen LogP contribution in [0.1, 0.15) is 21.6 Å². The molecule has 1 N–H and O–H groups in total. The summed E-state index contributed by atoms with van der Waals surface area (Å²) in [6.45, 7) is 1.20. The Kier molecular flexibility index (Phi) is 6.57. The molecule has 1 heterocycles. The van der Waals surface area contributed by atoms with Gasteiger partial charge in [0.1, 0.15) is 11.4 Å². The molecule has 1 aromatic heterocycles. The second-order valence-corrected chi connectivity index (χ2v) is 6.44. The molecule has 6 heteroatoms. The molecule has 0 bridgehead atoms. The summed E-state index contributed by atoms with van der Waals surface area (Å²) in [5, 5.41) is 3.18. The highest BCUT2D eigenvalue weighted by Gasteiger charge is 2.14. The highest BCUT2D eigenvalue weighted by atomic mass is 16.5. The van der Waals surface area contributed by atoms with E-state index in [9.17, 15) is 4.79 Å². The van der Waals surface area contributed by atoms with E-state index in [0.717, 1.165) is 17.7 Å². The molecule has 0 aliphatic heterocycles. The number of hydrogen-bond acceptors (Lipinski definition) is 5. The molecule has 3 rings (SSSR count). The molecule has 28 heavy (non-hydrogen) atoms. The number of amides is 1. The van der Waals surface area contributed by atoms with Crippen molar-refractivity contribution in [2.24, 2.45) is 0 Å². The minimum atomic E-state index is -0.135. The van der Waals surface area contributed by atoms with Gasteiger partial charge >= 0.3 is 0 Å². The Hall–Kier alpha value is -3.41. The summed E-state index contributed by atoms with van der Waals surface area (Å²) in [7, 11) is 3.42. The van der Waals surface area contributed by atoms with Gasteiger partial charge in [0.25, 0.3) is 5.91 Å². The Morgan fingerprint density at radius 3 is 2.50 bits per heavy atom. The summed E-state index contributed by atoms with van der Waals surface area (Å²) in [5.41, 5.74) is 2.63. The van der Waals surface area contributed by atoms with Gasteiger partial charge in [-0.1, -0.05) is 42.5 Å². The Morgan fingerprint density at radius 2 is 1.79 bits per heavy atom. The van der Waals surface area contributed by atoms with E-state index in [1.165, 1.54) is 5.56 Å². The van der Waals surface area contributed by atoms with Gasteiger partial charge in [-0.15, -0.1) is 0 Å². The average Bonchev–Trinajstić information content (AvgIpc) is 2.74. The molecule has 0 aliphatic rings. The molecule has 0 unspecified atom stereocenters. The standard InChI is InChI=1S/C22H24N4O2/c1-26(16-18-6-4-3-5-7-18)21(27)20-13-15-24-22(25-20)23-14-12-17-8-10-19(28-2)11-9-17/h3-11,13,15H,12,14,16H2,1-2H3,(H,23,24,25). The number of rotatable bonds is 8. The van der Waals surface area contributed by atoms with Crippen LogP contribution < -0.4 is 10.1 Å². The number of methoxy groups -OCH3 is 1. The third-order valence-electron chi connectivity index (χ3n) is 4.34. The summed E-state index contributed by atoms with van der Waals surface area (Å²) < 4.78 is 5.16. The van der Waals surface area contributed by atoms with E-state index in [2.05, 4.69) is 15.3 Å². The van der Waals surface area contributed by atoms with Crippen LogP contribution in [-0.4, -0.2) is 41.5 Å². The Bertz CT molecular complexity index is 898. The monoisotopic (exact) mass is 376 g/mol. The van der Waals surface area contributed by atoms with E-state index in [1.54, 1.807) is 31.3 Å². The molecule has 0 aliphatic carbocycles. The van der Waals surface area contributed by atoms with E-state index >= 15 is 0 Å². The van der Waals surface area contributed by atoms with E-state index < -0.39 is 0 Å². The fourth-order valence-electron chi connectivity index (χ4n) is 2.80. The minimum Gasteiger partial charge on any atom is -0.497 e. The van der Waals surface area contributed by atoms with Crippen molar-refractivity contribution in [2.75, 3.05) is 26.0 Å². The highest BCUT2D eigenvalue weighted by molar-refractivity contribution is 5.92. The normalized spacial score (nSPS) is 10.4. The van der Waals surface area contributed by atoms with Crippen LogP contribution in [0.25, 0.3) is 0 Å². The van der Waals surface area contributed by atoms with Crippen molar-refractivity contribution >= 4 is 11.9 Å². The first-order valence-corrected chi connectivity index (χ1v) is 9.15. The molecule has 0 radical (unpaired) electrons. The molecule has 1 amide bonds. The van der Waals surface area contributed by atoms with Gasteiger partial charge in [0.15, 0.2) is 0 Å². The van der Waals surface area contributed by atoms with Gasteiger partial charge in [0.2, 0.25) is 5.95 Å². The number of anilines is 1. The molecule has 0 saturated carbocycles. The van der Waals surface area contributed by atoms with Gasteiger partial charge < -0.3 is 15.0 Å². The molecule has 3 aromatic rings. The SMILES string of the molecule is COc1ccc(CCNc2nccc(C(=O)N(C)Cc3ccccc3)n2)cc1. The van der Waals surface area contributed by atoms with E-state index in [0.29, 0.717) is 24.7 Å². The smallest absolute Gasteiger partial charge is 0.272 e. The summed E-state index contributed by atoms with van der Waals surface area (Å²) in [4.78, 5) is 22.9. The van der Waals surface area contributed by atoms with Crippen LogP contribution in [0.15, 0.2) is 66.9 Å². The first-order valence-electron chi connectivity index (χ1n) is 9.15. The maximum Gasteiger partial charge on any atom is 0.272 e. The van der Waals surface area contributed by atoms with Gasteiger partial charge in [-0.2, -0.15) is 0 Å². The van der Waals surface area contributed by atoms with Crippen LogP contribution in [0.4, 0.5) is 5.95 Å². The van der Waals surface area contributed by atoms with Gasteiger partial charge in [0, 0.05) is 26.3 Å². The van der Waals surface area contributed by atoms with Gasteiger partial charge in [-0.3, -0.25) is 4.79 Å². The number of hydrogen-bond donors (Lipinski definition) is 1. The third-order valence-corrected chi connectivity index (χ3v) is 4.34. The molecule has 2 aromatic carbocycles. The molecular formula is C22H24N4O2. The maximum atomic E-state index is 12.7. The zero-order chi connectivity index (χ0) is 19.8. The van der Waals surface area contributed by atoms with Crippen LogP contribution in [0.3, 0.4) is 0 Å². The second kappa shape index (κ2) is 9.50. The summed E-state index contributed by atoms with van der Waals surface area (Å²) in [6.07, 6.45) is 2.42. The number of aromatic nitrogens is 2. The second-order valence-electron chi connectivity index (χ2n) is 6.44. The zero-order valence-electron chi connectivity index (χ0n) is 16.1. The summed E-state index contributed by atoms with van der Waals surface area (Å²) in [5.74, 6) is 1.16. The van der Waals surface area contributed by atoms with Crippen LogP contribution in [0.2, 0.25) is 0 Å². The molecule has 0 atom stereocenters. The van der Waals surface area contributed by atoms with E-state index in [1.807, 2.05) is 54.6 Å². The lowest BCUT2D eigenvalue weighted by molar-refractivity contribution is 0.0779. The lowest BCUT2D eigenvalue weighted by atomic mass is 10.1. The Morgan fingerprint density at radius 1 is 1.04 bits per heavy atom. The van der Waals surface area contributed by atoms with Crippen LogP contribution >= 0.6 is 0 Å². The van der Waals surface area contributed by atoms with Crippen LogP contribution in [0, 0.1) is 0 Å². The van der Waals surface area contributed by atoms with Crippen molar-refractivity contribution in [3.05, 3.63) is 83.7 Å². The molecule has 144 valence electrons. The quantitative estimate of drug-likeness (QED) is 0.653. The predicted molar refractivity (Wildman–Crippen MR) is 109 cm³/mol. The van der Waals surface area contributed by atoms with Crippen molar-refractivity contribution in [2.45, 2.75) is 13.0 Å². The van der Waals surface area contributed by atoms with Crippen molar-refractivity contribution in [1.82, 2.24) is 14.9 Å².